The normalized spacial score (nSPS) is 11.8. The summed E-state index contributed by atoms with van der Waals surface area (Å²) in [5.41, 5.74) is 5.79. The van der Waals surface area contributed by atoms with E-state index in [2.05, 4.69) is 0 Å². The molecule has 0 heterocycles. The van der Waals surface area contributed by atoms with Gasteiger partial charge in [0.05, 0.1) is 0 Å². The fourth-order valence-electron chi connectivity index (χ4n) is 1.31. The van der Waals surface area contributed by atoms with Crippen molar-refractivity contribution in [2.24, 2.45) is 5.73 Å². The van der Waals surface area contributed by atoms with Crippen molar-refractivity contribution in [2.45, 2.75) is 25.9 Å². The molecule has 1 amide bonds. The lowest BCUT2D eigenvalue weighted by Crippen LogP contribution is -2.26. The molecule has 0 unspecified atom stereocenters. The summed E-state index contributed by atoms with van der Waals surface area (Å²) in [5, 5.41) is 0. The second-order valence-electron chi connectivity index (χ2n) is 3.43. The second-order valence-corrected chi connectivity index (χ2v) is 3.43. The van der Waals surface area contributed by atoms with E-state index in [9.17, 15) is 9.59 Å². The van der Waals surface area contributed by atoms with Crippen LogP contribution in [0.5, 0.6) is 0 Å². The van der Waals surface area contributed by atoms with Crippen molar-refractivity contribution >= 4 is 11.9 Å². The number of hydrogen-bond acceptors (Lipinski definition) is 3. The molecule has 0 spiro atoms. The van der Waals surface area contributed by atoms with Crippen LogP contribution in [0.25, 0.3) is 0 Å². The van der Waals surface area contributed by atoms with E-state index in [1.54, 1.807) is 24.3 Å². The van der Waals surface area contributed by atoms with Crippen LogP contribution in [0.15, 0.2) is 30.3 Å². The summed E-state index contributed by atoms with van der Waals surface area (Å²) in [6, 6.07) is 8.75. The van der Waals surface area contributed by atoms with E-state index in [4.69, 9.17) is 10.5 Å². The van der Waals surface area contributed by atoms with Gasteiger partial charge in [-0.05, 0) is 6.42 Å². The summed E-state index contributed by atoms with van der Waals surface area (Å²) in [4.78, 5) is 22.5. The number of rotatable bonds is 5. The third kappa shape index (κ3) is 3.38. The highest BCUT2D eigenvalue weighted by atomic mass is 16.5. The molecule has 4 heteroatoms. The summed E-state index contributed by atoms with van der Waals surface area (Å²) in [7, 11) is 0. The Balaban J connectivity index is 2.77. The summed E-state index contributed by atoms with van der Waals surface area (Å²) in [6.07, 6.45) is -0.0179. The zero-order chi connectivity index (χ0) is 12.0. The first-order valence-electron chi connectivity index (χ1n) is 5.19. The molecular weight excluding hydrogens is 206 g/mol. The van der Waals surface area contributed by atoms with Crippen molar-refractivity contribution in [3.8, 4) is 0 Å². The Kier molecular flexibility index (Phi) is 4.51. The minimum absolute atomic E-state index is 0.288. The highest BCUT2D eigenvalue weighted by molar-refractivity contribution is 5.83. The topological polar surface area (TPSA) is 69.4 Å². The minimum atomic E-state index is -0.986. The SMILES string of the molecule is CCCC(=O)O[C@@H](C(N)=O)c1ccccc1. The maximum Gasteiger partial charge on any atom is 0.306 e. The first-order valence-corrected chi connectivity index (χ1v) is 5.19. The van der Waals surface area contributed by atoms with Gasteiger partial charge in [0, 0.05) is 12.0 Å². The van der Waals surface area contributed by atoms with Crippen molar-refractivity contribution in [1.82, 2.24) is 0 Å². The molecule has 0 saturated carbocycles. The Bertz CT molecular complexity index is 362. The molecule has 16 heavy (non-hydrogen) atoms. The van der Waals surface area contributed by atoms with Crippen LogP contribution in [0.4, 0.5) is 0 Å². The van der Waals surface area contributed by atoms with E-state index in [-0.39, 0.29) is 6.42 Å². The Morgan fingerprint density at radius 2 is 1.94 bits per heavy atom. The van der Waals surface area contributed by atoms with E-state index >= 15 is 0 Å². The van der Waals surface area contributed by atoms with Crippen LogP contribution in [0.3, 0.4) is 0 Å². The number of hydrogen-bond donors (Lipinski definition) is 1. The van der Waals surface area contributed by atoms with Gasteiger partial charge in [0.25, 0.3) is 5.91 Å². The first kappa shape index (κ1) is 12.2. The molecule has 86 valence electrons. The molecule has 1 aromatic carbocycles. The van der Waals surface area contributed by atoms with Gasteiger partial charge in [-0.2, -0.15) is 0 Å². The molecule has 0 saturated heterocycles. The first-order chi connectivity index (χ1) is 7.65. The number of esters is 1. The van der Waals surface area contributed by atoms with Gasteiger partial charge in [-0.3, -0.25) is 9.59 Å². The molecule has 0 aliphatic rings. The van der Waals surface area contributed by atoms with Gasteiger partial charge in [0.1, 0.15) is 0 Å². The minimum Gasteiger partial charge on any atom is -0.447 e. The van der Waals surface area contributed by atoms with E-state index in [0.717, 1.165) is 0 Å². The number of ether oxygens (including phenoxy) is 1. The van der Waals surface area contributed by atoms with Crippen LogP contribution in [-0.2, 0) is 14.3 Å². The molecule has 0 aromatic heterocycles. The number of carbonyl (C=O) groups is 2. The van der Waals surface area contributed by atoms with Crippen molar-refractivity contribution < 1.29 is 14.3 Å². The average molecular weight is 221 g/mol. The quantitative estimate of drug-likeness (QED) is 0.767. The van der Waals surface area contributed by atoms with Gasteiger partial charge < -0.3 is 10.5 Å². The number of nitrogens with two attached hydrogens (primary N) is 1. The summed E-state index contributed by atoms with van der Waals surface area (Å²) >= 11 is 0. The molecule has 0 bridgehead atoms. The fraction of sp³-hybridized carbons (Fsp3) is 0.333. The fourth-order valence-corrected chi connectivity index (χ4v) is 1.31. The lowest BCUT2D eigenvalue weighted by atomic mass is 10.1. The van der Waals surface area contributed by atoms with Gasteiger partial charge in [-0.25, -0.2) is 0 Å². The van der Waals surface area contributed by atoms with E-state index in [1.807, 2.05) is 13.0 Å². The van der Waals surface area contributed by atoms with Crippen LogP contribution in [0, 0.1) is 0 Å². The molecule has 1 rings (SSSR count). The van der Waals surface area contributed by atoms with Gasteiger partial charge in [0.2, 0.25) is 6.10 Å². The van der Waals surface area contributed by atoms with Crippen molar-refractivity contribution in [1.29, 1.82) is 0 Å². The third-order valence-electron chi connectivity index (χ3n) is 2.06. The number of carbonyl (C=O) groups excluding carboxylic acids is 2. The van der Waals surface area contributed by atoms with Crippen LogP contribution < -0.4 is 5.73 Å². The second kappa shape index (κ2) is 5.90. The Morgan fingerprint density at radius 3 is 2.44 bits per heavy atom. The zero-order valence-corrected chi connectivity index (χ0v) is 9.18. The molecule has 2 N–H and O–H groups in total. The van der Waals surface area contributed by atoms with Crippen molar-refractivity contribution in [2.75, 3.05) is 0 Å². The summed E-state index contributed by atoms with van der Waals surface area (Å²) in [6.45, 7) is 1.86. The van der Waals surface area contributed by atoms with E-state index < -0.39 is 18.0 Å². The van der Waals surface area contributed by atoms with Crippen LogP contribution in [0.2, 0.25) is 0 Å². The van der Waals surface area contributed by atoms with Crippen LogP contribution in [0.1, 0.15) is 31.4 Å². The predicted octanol–water partition coefficient (Wildman–Crippen LogP) is 1.56. The maximum atomic E-state index is 11.3. The number of primary amides is 1. The molecule has 0 aliphatic heterocycles. The average Bonchev–Trinajstić information content (AvgIpc) is 2.27. The third-order valence-corrected chi connectivity index (χ3v) is 2.06. The molecule has 0 fully saturated rings. The Morgan fingerprint density at radius 1 is 1.31 bits per heavy atom. The predicted molar refractivity (Wildman–Crippen MR) is 59.4 cm³/mol. The van der Waals surface area contributed by atoms with E-state index in [1.165, 1.54) is 0 Å². The van der Waals surface area contributed by atoms with Crippen molar-refractivity contribution in [3.05, 3.63) is 35.9 Å². The molecule has 0 radical (unpaired) electrons. The molecular formula is C12H15NO3. The van der Waals surface area contributed by atoms with Crippen LogP contribution >= 0.6 is 0 Å². The standard InChI is InChI=1S/C12H15NO3/c1-2-6-10(14)16-11(12(13)15)9-7-4-3-5-8-9/h3-5,7-8,11H,2,6H2,1H3,(H2,13,15)/t11-/m1/s1. The largest absolute Gasteiger partial charge is 0.447 e. The molecule has 0 aliphatic carbocycles. The summed E-state index contributed by atoms with van der Waals surface area (Å²) < 4.78 is 5.02. The molecule has 1 aromatic rings. The van der Waals surface area contributed by atoms with Gasteiger partial charge in [0.15, 0.2) is 0 Å². The van der Waals surface area contributed by atoms with Gasteiger partial charge in [-0.15, -0.1) is 0 Å². The number of benzene rings is 1. The van der Waals surface area contributed by atoms with Gasteiger partial charge >= 0.3 is 5.97 Å². The Labute approximate surface area is 94.4 Å². The zero-order valence-electron chi connectivity index (χ0n) is 9.18. The molecule has 4 nitrogen and oxygen atoms in total. The highest BCUT2D eigenvalue weighted by Crippen LogP contribution is 2.17. The Hall–Kier alpha value is -1.84. The lowest BCUT2D eigenvalue weighted by Gasteiger charge is -2.14. The highest BCUT2D eigenvalue weighted by Gasteiger charge is 2.21. The van der Waals surface area contributed by atoms with Crippen molar-refractivity contribution in [3.63, 3.8) is 0 Å². The molecule has 1 atom stereocenters. The summed E-state index contributed by atoms with van der Waals surface area (Å²) in [5.74, 6) is -1.06. The van der Waals surface area contributed by atoms with E-state index in [0.29, 0.717) is 12.0 Å². The monoisotopic (exact) mass is 221 g/mol. The van der Waals surface area contributed by atoms with Gasteiger partial charge in [-0.1, -0.05) is 37.3 Å². The number of amides is 1. The maximum absolute atomic E-state index is 11.3. The smallest absolute Gasteiger partial charge is 0.306 e. The van der Waals surface area contributed by atoms with Crippen LogP contribution in [-0.4, -0.2) is 11.9 Å². The lowest BCUT2D eigenvalue weighted by molar-refractivity contribution is -0.155.